The van der Waals surface area contributed by atoms with Crippen molar-refractivity contribution in [3.63, 3.8) is 0 Å². The molecule has 0 aliphatic heterocycles. The molecule has 0 saturated carbocycles. The molecule has 134 valence electrons. The molecule has 0 bridgehead atoms. The quantitative estimate of drug-likeness (QED) is 0.611. The Balaban J connectivity index is 2.34. The molecular weight excluding hydrogens is 336 g/mol. The van der Waals surface area contributed by atoms with Crippen LogP contribution in [0.25, 0.3) is 11.1 Å². The molecule has 25 heavy (non-hydrogen) atoms. The molecule has 7 heteroatoms. The Morgan fingerprint density at radius 2 is 1.84 bits per heavy atom. The number of carbonyl (C=O) groups is 1. The molecule has 0 aliphatic carbocycles. The first-order valence-electron chi connectivity index (χ1n) is 7.79. The van der Waals surface area contributed by atoms with E-state index in [4.69, 9.17) is 0 Å². The van der Waals surface area contributed by atoms with Gasteiger partial charge >= 0.3 is 6.18 Å². The first-order chi connectivity index (χ1) is 11.8. The number of benzene rings is 2. The Bertz CT molecular complexity index is 744. The van der Waals surface area contributed by atoms with Gasteiger partial charge in [0.15, 0.2) is 0 Å². The molecule has 0 spiro atoms. The Hall–Kier alpha value is -2.41. The molecule has 2 aromatic rings. The van der Waals surface area contributed by atoms with Gasteiger partial charge in [0.1, 0.15) is 5.82 Å². The molecule has 1 amide bonds. The third kappa shape index (κ3) is 5.03. The van der Waals surface area contributed by atoms with Crippen LogP contribution >= 0.6 is 0 Å². The summed E-state index contributed by atoms with van der Waals surface area (Å²) in [7, 11) is 0. The average molecular weight is 354 g/mol. The first kappa shape index (κ1) is 18.9. The number of halogens is 4. The number of likely N-dealkylation sites (N-methyl/N-ethyl adjacent to an activating group) is 1. The number of hydrogen-bond donors (Lipinski definition) is 2. The van der Waals surface area contributed by atoms with Crippen LogP contribution in [-0.4, -0.2) is 25.5 Å². The van der Waals surface area contributed by atoms with E-state index in [0.717, 1.165) is 30.8 Å². The van der Waals surface area contributed by atoms with Gasteiger partial charge in [0.2, 0.25) is 0 Å². The van der Waals surface area contributed by atoms with Gasteiger partial charge in [-0.05, 0) is 41.9 Å². The highest BCUT2D eigenvalue weighted by atomic mass is 19.4. The fraction of sp³-hybridized carbons (Fsp3) is 0.278. The summed E-state index contributed by atoms with van der Waals surface area (Å²) in [5.41, 5.74) is -0.385. The maximum absolute atomic E-state index is 13.6. The van der Waals surface area contributed by atoms with Gasteiger partial charge in [0, 0.05) is 13.1 Å². The minimum Gasteiger partial charge on any atom is -0.351 e. The minimum absolute atomic E-state index is 0.00387. The van der Waals surface area contributed by atoms with Crippen LogP contribution in [0.15, 0.2) is 42.5 Å². The molecule has 0 heterocycles. The van der Waals surface area contributed by atoms with Crippen molar-refractivity contribution in [1.82, 2.24) is 10.6 Å². The highest BCUT2D eigenvalue weighted by molar-refractivity contribution is 6.00. The van der Waals surface area contributed by atoms with E-state index in [0.29, 0.717) is 13.1 Å². The lowest BCUT2D eigenvalue weighted by Crippen LogP contribution is -2.32. The van der Waals surface area contributed by atoms with Crippen LogP contribution in [-0.2, 0) is 6.18 Å². The van der Waals surface area contributed by atoms with E-state index in [1.165, 1.54) is 18.2 Å². The summed E-state index contributed by atoms with van der Waals surface area (Å²) in [5, 5.41) is 5.65. The zero-order valence-electron chi connectivity index (χ0n) is 13.6. The maximum Gasteiger partial charge on any atom is 0.416 e. The minimum atomic E-state index is -4.50. The normalized spacial score (nSPS) is 11.4. The standard InChI is InChI=1S/C18H18F4N2O/c1-2-23-8-9-24-17(25)16-11-14(19)6-7-15(16)12-4-3-5-13(10-12)18(20,21)22/h3-7,10-11,23H,2,8-9H2,1H3,(H,24,25). The van der Waals surface area contributed by atoms with E-state index in [-0.39, 0.29) is 16.7 Å². The summed E-state index contributed by atoms with van der Waals surface area (Å²) in [6.45, 7) is 3.52. The second kappa shape index (κ2) is 8.11. The molecule has 2 aromatic carbocycles. The Morgan fingerprint density at radius 3 is 2.52 bits per heavy atom. The highest BCUT2D eigenvalue weighted by Crippen LogP contribution is 2.33. The van der Waals surface area contributed by atoms with Gasteiger partial charge in [-0.15, -0.1) is 0 Å². The van der Waals surface area contributed by atoms with Gasteiger partial charge in [-0.2, -0.15) is 13.2 Å². The molecule has 2 N–H and O–H groups in total. The Kier molecular flexibility index (Phi) is 6.14. The molecule has 0 radical (unpaired) electrons. The SMILES string of the molecule is CCNCCNC(=O)c1cc(F)ccc1-c1cccc(C(F)(F)F)c1. The van der Waals surface area contributed by atoms with Crippen LogP contribution in [0, 0.1) is 5.82 Å². The molecule has 3 nitrogen and oxygen atoms in total. The molecule has 0 saturated heterocycles. The fourth-order valence-electron chi connectivity index (χ4n) is 2.36. The predicted molar refractivity (Wildman–Crippen MR) is 87.7 cm³/mol. The molecule has 0 unspecified atom stereocenters. The Labute approximate surface area is 143 Å². The van der Waals surface area contributed by atoms with Gasteiger partial charge in [0.05, 0.1) is 11.1 Å². The molecular formula is C18H18F4N2O. The number of hydrogen-bond acceptors (Lipinski definition) is 2. The molecule has 0 aliphatic rings. The fourth-order valence-corrected chi connectivity index (χ4v) is 2.36. The Morgan fingerprint density at radius 1 is 1.08 bits per heavy atom. The van der Waals surface area contributed by atoms with Crippen molar-refractivity contribution in [2.24, 2.45) is 0 Å². The van der Waals surface area contributed by atoms with Crippen LogP contribution in [0.5, 0.6) is 0 Å². The van der Waals surface area contributed by atoms with Crippen LogP contribution in [0.4, 0.5) is 17.6 Å². The second-order valence-corrected chi connectivity index (χ2v) is 5.38. The van der Waals surface area contributed by atoms with Crippen molar-refractivity contribution >= 4 is 5.91 Å². The monoisotopic (exact) mass is 354 g/mol. The van der Waals surface area contributed by atoms with E-state index in [2.05, 4.69) is 10.6 Å². The smallest absolute Gasteiger partial charge is 0.351 e. The van der Waals surface area contributed by atoms with E-state index in [9.17, 15) is 22.4 Å². The van der Waals surface area contributed by atoms with Crippen molar-refractivity contribution in [3.05, 3.63) is 59.4 Å². The van der Waals surface area contributed by atoms with Gasteiger partial charge in [-0.3, -0.25) is 4.79 Å². The lowest BCUT2D eigenvalue weighted by molar-refractivity contribution is -0.137. The van der Waals surface area contributed by atoms with Crippen molar-refractivity contribution in [1.29, 1.82) is 0 Å². The summed E-state index contributed by atoms with van der Waals surface area (Å²) in [5.74, 6) is -1.17. The van der Waals surface area contributed by atoms with Crippen LogP contribution in [0.3, 0.4) is 0 Å². The predicted octanol–water partition coefficient (Wildman–Crippen LogP) is 3.85. The van der Waals surface area contributed by atoms with Crippen molar-refractivity contribution < 1.29 is 22.4 Å². The van der Waals surface area contributed by atoms with Crippen LogP contribution in [0.1, 0.15) is 22.8 Å². The average Bonchev–Trinajstić information content (AvgIpc) is 2.58. The summed E-state index contributed by atoms with van der Waals surface area (Å²) < 4.78 is 52.3. The van der Waals surface area contributed by atoms with Crippen molar-refractivity contribution in [2.75, 3.05) is 19.6 Å². The van der Waals surface area contributed by atoms with Gasteiger partial charge in [-0.1, -0.05) is 25.1 Å². The van der Waals surface area contributed by atoms with Crippen molar-refractivity contribution in [3.8, 4) is 11.1 Å². The summed E-state index contributed by atoms with van der Waals surface area (Å²) in [4.78, 5) is 12.3. The lowest BCUT2D eigenvalue weighted by atomic mass is 9.97. The maximum atomic E-state index is 13.6. The largest absolute Gasteiger partial charge is 0.416 e. The lowest BCUT2D eigenvalue weighted by Gasteiger charge is -2.13. The summed E-state index contributed by atoms with van der Waals surface area (Å²) in [6, 6.07) is 8.06. The summed E-state index contributed by atoms with van der Waals surface area (Å²) >= 11 is 0. The molecule has 0 fully saturated rings. The molecule has 0 aromatic heterocycles. The van der Waals surface area contributed by atoms with E-state index < -0.39 is 23.5 Å². The zero-order valence-corrected chi connectivity index (χ0v) is 13.6. The van der Waals surface area contributed by atoms with E-state index >= 15 is 0 Å². The highest BCUT2D eigenvalue weighted by Gasteiger charge is 2.30. The summed E-state index contributed by atoms with van der Waals surface area (Å²) in [6.07, 6.45) is -4.50. The molecule has 0 atom stereocenters. The van der Waals surface area contributed by atoms with Gasteiger partial charge in [-0.25, -0.2) is 4.39 Å². The number of carbonyl (C=O) groups excluding carboxylic acids is 1. The van der Waals surface area contributed by atoms with Crippen LogP contribution in [0.2, 0.25) is 0 Å². The third-order valence-electron chi connectivity index (χ3n) is 3.56. The number of alkyl halides is 3. The van der Waals surface area contributed by atoms with E-state index in [1.54, 1.807) is 0 Å². The topological polar surface area (TPSA) is 41.1 Å². The third-order valence-corrected chi connectivity index (χ3v) is 3.56. The van der Waals surface area contributed by atoms with Gasteiger partial charge < -0.3 is 10.6 Å². The first-order valence-corrected chi connectivity index (χ1v) is 7.79. The number of amides is 1. The molecule has 2 rings (SSSR count). The van der Waals surface area contributed by atoms with Crippen molar-refractivity contribution in [2.45, 2.75) is 13.1 Å². The van der Waals surface area contributed by atoms with Crippen LogP contribution < -0.4 is 10.6 Å². The zero-order chi connectivity index (χ0) is 18.4. The second-order valence-electron chi connectivity index (χ2n) is 5.38. The van der Waals surface area contributed by atoms with Gasteiger partial charge in [0.25, 0.3) is 5.91 Å². The number of nitrogens with one attached hydrogen (secondary N) is 2. The number of rotatable bonds is 6. The van der Waals surface area contributed by atoms with E-state index in [1.807, 2.05) is 6.92 Å².